The second-order valence-corrected chi connectivity index (χ2v) is 5.94. The van der Waals surface area contributed by atoms with Gasteiger partial charge in [-0.3, -0.25) is 0 Å². The minimum Gasteiger partial charge on any atom is -0.398 e. The van der Waals surface area contributed by atoms with Crippen LogP contribution >= 0.6 is 0 Å². The Kier molecular flexibility index (Phi) is 3.54. The van der Waals surface area contributed by atoms with E-state index in [2.05, 4.69) is 9.97 Å². The lowest BCUT2D eigenvalue weighted by atomic mass is 10.3. The van der Waals surface area contributed by atoms with Gasteiger partial charge in [-0.2, -0.15) is 4.31 Å². The molecular formula is C11H13FN4O2S. The van der Waals surface area contributed by atoms with Crippen molar-refractivity contribution in [1.29, 1.82) is 0 Å². The first-order chi connectivity index (χ1) is 8.93. The molecule has 0 saturated carbocycles. The zero-order valence-electron chi connectivity index (χ0n) is 10.2. The Labute approximate surface area is 110 Å². The van der Waals surface area contributed by atoms with Gasteiger partial charge in [-0.25, -0.2) is 17.8 Å². The van der Waals surface area contributed by atoms with Gasteiger partial charge in [0.15, 0.2) is 0 Å². The molecule has 3 N–H and O–H groups in total. The summed E-state index contributed by atoms with van der Waals surface area (Å²) in [5.74, 6) is -0.410. The fraction of sp³-hybridized carbons (Fsp3) is 0.182. The number of nitrogens with one attached hydrogen (secondary N) is 1. The van der Waals surface area contributed by atoms with Crippen molar-refractivity contribution < 1.29 is 12.8 Å². The monoisotopic (exact) mass is 284 g/mol. The molecule has 2 rings (SSSR count). The largest absolute Gasteiger partial charge is 0.398 e. The van der Waals surface area contributed by atoms with Gasteiger partial charge in [-0.15, -0.1) is 0 Å². The van der Waals surface area contributed by atoms with Crippen LogP contribution in [0.2, 0.25) is 0 Å². The number of nitrogens with zero attached hydrogens (tertiary/aromatic N) is 2. The third kappa shape index (κ3) is 2.59. The van der Waals surface area contributed by atoms with Crippen LogP contribution in [0, 0.1) is 5.82 Å². The van der Waals surface area contributed by atoms with Crippen LogP contribution in [0.1, 0.15) is 5.82 Å². The molecule has 1 aromatic heterocycles. The van der Waals surface area contributed by atoms with Crippen LogP contribution in [0.4, 0.5) is 10.1 Å². The quantitative estimate of drug-likeness (QED) is 0.818. The second kappa shape index (κ2) is 4.98. The highest BCUT2D eigenvalue weighted by molar-refractivity contribution is 7.89. The predicted molar refractivity (Wildman–Crippen MR) is 68.1 cm³/mol. The number of sulfonamides is 1. The van der Waals surface area contributed by atoms with E-state index in [0.717, 1.165) is 10.4 Å². The molecule has 0 aliphatic heterocycles. The van der Waals surface area contributed by atoms with Gasteiger partial charge < -0.3 is 10.7 Å². The minimum absolute atomic E-state index is 0.00308. The average molecular weight is 284 g/mol. The molecule has 2 aromatic rings. The van der Waals surface area contributed by atoms with Gasteiger partial charge in [0.05, 0.1) is 12.2 Å². The number of hydrogen-bond donors (Lipinski definition) is 2. The lowest BCUT2D eigenvalue weighted by Gasteiger charge is -2.17. The van der Waals surface area contributed by atoms with E-state index in [4.69, 9.17) is 5.73 Å². The summed E-state index contributed by atoms with van der Waals surface area (Å²) >= 11 is 0. The molecule has 0 aliphatic rings. The highest BCUT2D eigenvalue weighted by Gasteiger charge is 2.27. The summed E-state index contributed by atoms with van der Waals surface area (Å²) in [6.45, 7) is 0.00308. The normalized spacial score (nSPS) is 11.9. The number of H-pyrrole nitrogens is 1. The Morgan fingerprint density at radius 2 is 2.21 bits per heavy atom. The van der Waals surface area contributed by atoms with Crippen molar-refractivity contribution in [2.75, 3.05) is 12.8 Å². The summed E-state index contributed by atoms with van der Waals surface area (Å²) < 4.78 is 39.2. The summed E-state index contributed by atoms with van der Waals surface area (Å²) in [4.78, 5) is 6.19. The van der Waals surface area contributed by atoms with E-state index in [1.54, 1.807) is 6.20 Å². The number of nitrogens with two attached hydrogens (primary N) is 1. The molecule has 0 aliphatic carbocycles. The summed E-state index contributed by atoms with van der Waals surface area (Å²) in [6, 6.07) is 3.76. The number of anilines is 1. The molecule has 1 aromatic carbocycles. The Bertz CT molecular complexity index is 650. The van der Waals surface area contributed by atoms with Gasteiger partial charge in [-0.1, -0.05) is 6.07 Å². The Hall–Kier alpha value is -1.93. The third-order valence-electron chi connectivity index (χ3n) is 2.59. The Morgan fingerprint density at radius 1 is 1.47 bits per heavy atom. The minimum atomic E-state index is -4.00. The van der Waals surface area contributed by atoms with Gasteiger partial charge in [0.1, 0.15) is 16.5 Å². The zero-order chi connectivity index (χ0) is 14.0. The maximum Gasteiger partial charge on any atom is 0.248 e. The molecule has 102 valence electrons. The highest BCUT2D eigenvalue weighted by Crippen LogP contribution is 2.25. The van der Waals surface area contributed by atoms with Crippen LogP contribution in [-0.4, -0.2) is 29.7 Å². The number of imidazole rings is 1. The second-order valence-electron chi connectivity index (χ2n) is 3.96. The van der Waals surface area contributed by atoms with E-state index in [-0.39, 0.29) is 12.2 Å². The first-order valence-electron chi connectivity index (χ1n) is 5.41. The third-order valence-corrected chi connectivity index (χ3v) is 4.49. The van der Waals surface area contributed by atoms with E-state index < -0.39 is 20.7 Å². The van der Waals surface area contributed by atoms with E-state index in [9.17, 15) is 12.8 Å². The lowest BCUT2D eigenvalue weighted by molar-refractivity contribution is 0.452. The molecule has 0 atom stereocenters. The van der Waals surface area contributed by atoms with Crippen molar-refractivity contribution >= 4 is 15.7 Å². The SMILES string of the molecule is CN(Cc1ncc[nH]1)S(=O)(=O)c1c(N)cccc1F. The Balaban J connectivity index is 2.37. The molecule has 0 saturated heterocycles. The molecule has 0 amide bonds. The molecule has 6 nitrogen and oxygen atoms in total. The number of benzene rings is 1. The van der Waals surface area contributed by atoms with Crippen LogP contribution in [0.25, 0.3) is 0 Å². The van der Waals surface area contributed by atoms with Crippen molar-refractivity contribution in [3.63, 3.8) is 0 Å². The average Bonchev–Trinajstić information content (AvgIpc) is 2.81. The van der Waals surface area contributed by atoms with Gasteiger partial charge in [0.25, 0.3) is 0 Å². The summed E-state index contributed by atoms with van der Waals surface area (Å²) in [6.07, 6.45) is 3.08. The first kappa shape index (κ1) is 13.5. The smallest absolute Gasteiger partial charge is 0.248 e. The molecule has 0 bridgehead atoms. The molecule has 0 fully saturated rings. The van der Waals surface area contributed by atoms with Crippen molar-refractivity contribution in [2.45, 2.75) is 11.4 Å². The molecular weight excluding hydrogens is 271 g/mol. The maximum absolute atomic E-state index is 13.7. The molecule has 1 heterocycles. The molecule has 8 heteroatoms. The number of aromatic nitrogens is 2. The molecule has 0 spiro atoms. The molecule has 0 unspecified atom stereocenters. The lowest BCUT2D eigenvalue weighted by Crippen LogP contribution is -2.28. The number of aromatic amines is 1. The first-order valence-corrected chi connectivity index (χ1v) is 6.85. The standard InChI is InChI=1S/C11H13FN4O2S/c1-16(7-10-14-5-6-15-10)19(17,18)11-8(12)3-2-4-9(11)13/h2-6H,7,13H2,1H3,(H,14,15). The van der Waals surface area contributed by atoms with Crippen LogP contribution in [0.5, 0.6) is 0 Å². The van der Waals surface area contributed by atoms with Gasteiger partial charge in [-0.05, 0) is 12.1 Å². The summed E-state index contributed by atoms with van der Waals surface area (Å²) in [5, 5.41) is 0. The predicted octanol–water partition coefficient (Wildman–Crippen LogP) is 0.952. The van der Waals surface area contributed by atoms with E-state index >= 15 is 0 Å². The van der Waals surface area contributed by atoms with Crippen molar-refractivity contribution in [2.24, 2.45) is 0 Å². The molecule has 0 radical (unpaired) electrons. The zero-order valence-corrected chi connectivity index (χ0v) is 11.0. The number of hydrogen-bond acceptors (Lipinski definition) is 4. The number of halogens is 1. The van der Waals surface area contributed by atoms with E-state index in [1.807, 2.05) is 0 Å². The Morgan fingerprint density at radius 3 is 2.79 bits per heavy atom. The maximum atomic E-state index is 13.7. The van der Waals surface area contributed by atoms with Gasteiger partial charge in [0, 0.05) is 19.4 Å². The fourth-order valence-corrected chi connectivity index (χ4v) is 2.92. The number of nitrogen functional groups attached to an aromatic ring is 1. The van der Waals surface area contributed by atoms with Crippen LogP contribution < -0.4 is 5.73 Å². The summed E-state index contributed by atoms with van der Waals surface area (Å²) in [5.41, 5.74) is 5.43. The van der Waals surface area contributed by atoms with Gasteiger partial charge >= 0.3 is 0 Å². The number of rotatable bonds is 4. The van der Waals surface area contributed by atoms with Crippen LogP contribution in [-0.2, 0) is 16.6 Å². The van der Waals surface area contributed by atoms with Crippen molar-refractivity contribution in [3.8, 4) is 0 Å². The fourth-order valence-electron chi connectivity index (χ4n) is 1.63. The summed E-state index contributed by atoms with van der Waals surface area (Å²) in [7, 11) is -2.67. The molecule has 19 heavy (non-hydrogen) atoms. The van der Waals surface area contributed by atoms with E-state index in [0.29, 0.717) is 5.82 Å². The van der Waals surface area contributed by atoms with Crippen LogP contribution in [0.3, 0.4) is 0 Å². The topological polar surface area (TPSA) is 92.1 Å². The van der Waals surface area contributed by atoms with E-state index in [1.165, 1.54) is 25.4 Å². The van der Waals surface area contributed by atoms with Crippen LogP contribution in [0.15, 0.2) is 35.5 Å². The van der Waals surface area contributed by atoms with Crippen molar-refractivity contribution in [1.82, 2.24) is 14.3 Å². The highest BCUT2D eigenvalue weighted by atomic mass is 32.2. The van der Waals surface area contributed by atoms with Gasteiger partial charge in [0.2, 0.25) is 10.0 Å². The van der Waals surface area contributed by atoms with Crippen molar-refractivity contribution in [3.05, 3.63) is 42.2 Å².